The third-order valence-corrected chi connectivity index (χ3v) is 2.96. The lowest BCUT2D eigenvalue weighted by Crippen LogP contribution is -2.42. The van der Waals surface area contributed by atoms with Gasteiger partial charge < -0.3 is 15.4 Å². The van der Waals surface area contributed by atoms with E-state index in [1.54, 1.807) is 10.9 Å². The molecule has 1 amide bonds. The normalized spacial score (nSPS) is 16.7. The van der Waals surface area contributed by atoms with Gasteiger partial charge in [-0.2, -0.15) is 5.10 Å². The molecule has 0 bridgehead atoms. The number of carbonyl (C=O) groups excluding carboxylic acids is 1. The molecule has 0 saturated carbocycles. The van der Waals surface area contributed by atoms with Crippen LogP contribution in [0.3, 0.4) is 0 Å². The monoisotopic (exact) mass is 252 g/mol. The molecule has 18 heavy (non-hydrogen) atoms. The molecule has 2 heterocycles. The SMILES string of the molecule is Cn1cc(CNCC(=O)NC2CCOCC2)cn1. The van der Waals surface area contributed by atoms with Crippen molar-refractivity contribution < 1.29 is 9.53 Å². The van der Waals surface area contributed by atoms with E-state index in [0.717, 1.165) is 31.6 Å². The average Bonchev–Trinajstić information content (AvgIpc) is 2.76. The number of hydrogen-bond acceptors (Lipinski definition) is 4. The molecule has 2 N–H and O–H groups in total. The van der Waals surface area contributed by atoms with Gasteiger partial charge in [-0.25, -0.2) is 0 Å². The Labute approximate surface area is 107 Å². The first-order valence-corrected chi connectivity index (χ1v) is 6.29. The van der Waals surface area contributed by atoms with Crippen LogP contribution in [0.4, 0.5) is 0 Å². The molecule has 0 spiro atoms. The first kappa shape index (κ1) is 13.0. The molecule has 1 aromatic heterocycles. The molecule has 0 unspecified atom stereocenters. The minimum absolute atomic E-state index is 0.0470. The zero-order valence-electron chi connectivity index (χ0n) is 10.7. The summed E-state index contributed by atoms with van der Waals surface area (Å²) in [5.74, 6) is 0.0470. The van der Waals surface area contributed by atoms with Gasteiger partial charge in [-0.15, -0.1) is 0 Å². The Hall–Kier alpha value is -1.40. The fourth-order valence-electron chi connectivity index (χ4n) is 2.00. The van der Waals surface area contributed by atoms with Crippen LogP contribution in [0.2, 0.25) is 0 Å². The Bertz CT molecular complexity index is 385. The Morgan fingerprint density at radius 2 is 2.33 bits per heavy atom. The molecule has 1 aliphatic rings. The zero-order chi connectivity index (χ0) is 12.8. The van der Waals surface area contributed by atoms with Crippen molar-refractivity contribution in [3.05, 3.63) is 18.0 Å². The quantitative estimate of drug-likeness (QED) is 0.762. The van der Waals surface area contributed by atoms with Gasteiger partial charge in [0.2, 0.25) is 5.91 Å². The van der Waals surface area contributed by atoms with Crippen LogP contribution in [0.25, 0.3) is 0 Å². The third kappa shape index (κ3) is 4.12. The fraction of sp³-hybridized carbons (Fsp3) is 0.667. The van der Waals surface area contributed by atoms with Crippen LogP contribution in [0.15, 0.2) is 12.4 Å². The molecule has 1 saturated heterocycles. The third-order valence-electron chi connectivity index (χ3n) is 2.96. The maximum Gasteiger partial charge on any atom is 0.234 e. The smallest absolute Gasteiger partial charge is 0.234 e. The van der Waals surface area contributed by atoms with Gasteiger partial charge in [0, 0.05) is 44.6 Å². The summed E-state index contributed by atoms with van der Waals surface area (Å²) < 4.78 is 7.00. The number of aryl methyl sites for hydroxylation is 1. The lowest BCUT2D eigenvalue weighted by Gasteiger charge is -2.23. The molecular weight excluding hydrogens is 232 g/mol. The highest BCUT2D eigenvalue weighted by Gasteiger charge is 2.15. The van der Waals surface area contributed by atoms with E-state index in [4.69, 9.17) is 4.74 Å². The maximum atomic E-state index is 11.7. The molecule has 6 heteroatoms. The predicted molar refractivity (Wildman–Crippen MR) is 66.9 cm³/mol. The number of nitrogens with one attached hydrogen (secondary N) is 2. The summed E-state index contributed by atoms with van der Waals surface area (Å²) in [6.45, 7) is 2.49. The predicted octanol–water partition coefficient (Wildman–Crippen LogP) is -0.195. The molecule has 0 radical (unpaired) electrons. The van der Waals surface area contributed by atoms with E-state index in [1.807, 2.05) is 13.2 Å². The maximum absolute atomic E-state index is 11.7. The van der Waals surface area contributed by atoms with E-state index in [1.165, 1.54) is 0 Å². The lowest BCUT2D eigenvalue weighted by molar-refractivity contribution is -0.121. The summed E-state index contributed by atoms with van der Waals surface area (Å²) in [6, 6.07) is 0.270. The zero-order valence-corrected chi connectivity index (χ0v) is 10.7. The Kier molecular flexibility index (Phi) is 4.72. The van der Waals surface area contributed by atoms with Crippen LogP contribution < -0.4 is 10.6 Å². The van der Waals surface area contributed by atoms with E-state index < -0.39 is 0 Å². The number of hydrogen-bond donors (Lipinski definition) is 2. The molecule has 0 aliphatic carbocycles. The van der Waals surface area contributed by atoms with Crippen molar-refractivity contribution in [2.45, 2.75) is 25.4 Å². The van der Waals surface area contributed by atoms with Crippen molar-refractivity contribution in [3.63, 3.8) is 0 Å². The van der Waals surface area contributed by atoms with Crippen molar-refractivity contribution in [2.24, 2.45) is 7.05 Å². The van der Waals surface area contributed by atoms with E-state index >= 15 is 0 Å². The van der Waals surface area contributed by atoms with E-state index in [9.17, 15) is 4.79 Å². The highest BCUT2D eigenvalue weighted by molar-refractivity contribution is 5.78. The topological polar surface area (TPSA) is 68.2 Å². The molecule has 6 nitrogen and oxygen atoms in total. The van der Waals surface area contributed by atoms with E-state index in [-0.39, 0.29) is 11.9 Å². The largest absolute Gasteiger partial charge is 0.381 e. The molecule has 1 aromatic rings. The summed E-state index contributed by atoms with van der Waals surface area (Å²) in [7, 11) is 1.88. The first-order chi connectivity index (χ1) is 8.74. The average molecular weight is 252 g/mol. The lowest BCUT2D eigenvalue weighted by atomic mass is 10.1. The van der Waals surface area contributed by atoms with Crippen molar-refractivity contribution >= 4 is 5.91 Å². The van der Waals surface area contributed by atoms with Gasteiger partial charge in [-0.05, 0) is 12.8 Å². The second kappa shape index (κ2) is 6.51. The van der Waals surface area contributed by atoms with Crippen molar-refractivity contribution in [1.29, 1.82) is 0 Å². The summed E-state index contributed by atoms with van der Waals surface area (Å²) in [6.07, 6.45) is 5.55. The van der Waals surface area contributed by atoms with E-state index in [0.29, 0.717) is 13.1 Å². The number of nitrogens with zero attached hydrogens (tertiary/aromatic N) is 2. The van der Waals surface area contributed by atoms with Crippen LogP contribution >= 0.6 is 0 Å². The van der Waals surface area contributed by atoms with Crippen molar-refractivity contribution in [3.8, 4) is 0 Å². The van der Waals surface area contributed by atoms with Gasteiger partial charge in [-0.3, -0.25) is 9.48 Å². The van der Waals surface area contributed by atoms with Crippen molar-refractivity contribution in [1.82, 2.24) is 20.4 Å². The summed E-state index contributed by atoms with van der Waals surface area (Å²) >= 11 is 0. The Balaban J connectivity index is 1.62. The number of aromatic nitrogens is 2. The number of amides is 1. The summed E-state index contributed by atoms with van der Waals surface area (Å²) in [4.78, 5) is 11.7. The molecule has 2 rings (SSSR count). The molecule has 1 aliphatic heterocycles. The molecule has 0 atom stereocenters. The molecule has 1 fully saturated rings. The minimum atomic E-state index is 0.0470. The number of carbonyl (C=O) groups is 1. The molecular formula is C12H20N4O2. The second-order valence-electron chi connectivity index (χ2n) is 4.58. The van der Waals surface area contributed by atoms with Gasteiger partial charge in [-0.1, -0.05) is 0 Å². The van der Waals surface area contributed by atoms with Gasteiger partial charge >= 0.3 is 0 Å². The van der Waals surface area contributed by atoms with Gasteiger partial charge in [0.1, 0.15) is 0 Å². The molecule has 0 aromatic carbocycles. The van der Waals surface area contributed by atoms with Crippen LogP contribution in [-0.4, -0.2) is 41.5 Å². The van der Waals surface area contributed by atoms with Gasteiger partial charge in [0.15, 0.2) is 0 Å². The highest BCUT2D eigenvalue weighted by atomic mass is 16.5. The van der Waals surface area contributed by atoms with Crippen LogP contribution in [0.5, 0.6) is 0 Å². The van der Waals surface area contributed by atoms with Crippen LogP contribution in [-0.2, 0) is 23.1 Å². The van der Waals surface area contributed by atoms with Gasteiger partial charge in [0.25, 0.3) is 0 Å². The van der Waals surface area contributed by atoms with Crippen molar-refractivity contribution in [2.75, 3.05) is 19.8 Å². The molecule has 100 valence electrons. The van der Waals surface area contributed by atoms with Gasteiger partial charge in [0.05, 0.1) is 12.7 Å². The van der Waals surface area contributed by atoms with Crippen LogP contribution in [0.1, 0.15) is 18.4 Å². The van der Waals surface area contributed by atoms with Crippen LogP contribution in [0, 0.1) is 0 Å². The fourth-order valence-corrected chi connectivity index (χ4v) is 2.00. The number of rotatable bonds is 5. The first-order valence-electron chi connectivity index (χ1n) is 6.29. The summed E-state index contributed by atoms with van der Waals surface area (Å²) in [5, 5.41) is 10.2. The Morgan fingerprint density at radius 3 is 3.00 bits per heavy atom. The standard InChI is InChI=1S/C12H20N4O2/c1-16-9-10(7-14-16)6-13-8-12(17)15-11-2-4-18-5-3-11/h7,9,11,13H,2-6,8H2,1H3,(H,15,17). The Morgan fingerprint density at radius 1 is 1.56 bits per heavy atom. The minimum Gasteiger partial charge on any atom is -0.381 e. The highest BCUT2D eigenvalue weighted by Crippen LogP contribution is 2.05. The number of ether oxygens (including phenoxy) is 1. The van der Waals surface area contributed by atoms with E-state index in [2.05, 4.69) is 15.7 Å². The summed E-state index contributed by atoms with van der Waals surface area (Å²) in [5.41, 5.74) is 1.08. The second-order valence-corrected chi connectivity index (χ2v) is 4.58.